The number of amides is 1. The maximum absolute atomic E-state index is 13.8. The number of nitrogen functional groups attached to an aromatic ring is 1. The summed E-state index contributed by atoms with van der Waals surface area (Å²) in [5.74, 6) is -1.09. The van der Waals surface area contributed by atoms with Gasteiger partial charge in [0.2, 0.25) is 15.9 Å². The van der Waals surface area contributed by atoms with E-state index in [-0.39, 0.29) is 35.6 Å². The van der Waals surface area contributed by atoms with Crippen LogP contribution in [0.5, 0.6) is 0 Å². The number of rotatable bonds is 6. The fraction of sp³-hybridized carbons (Fsp3) is 0.417. The summed E-state index contributed by atoms with van der Waals surface area (Å²) in [7, 11) is -4.08. The maximum atomic E-state index is 13.8. The van der Waals surface area contributed by atoms with Gasteiger partial charge in [0.05, 0.1) is 5.69 Å². The van der Waals surface area contributed by atoms with Crippen LogP contribution >= 0.6 is 11.6 Å². The van der Waals surface area contributed by atoms with Crippen molar-refractivity contribution in [3.63, 3.8) is 0 Å². The van der Waals surface area contributed by atoms with Crippen molar-refractivity contribution in [3.8, 4) is 0 Å². The number of carbonyl (C=O) groups is 1. The van der Waals surface area contributed by atoms with Gasteiger partial charge in [0, 0.05) is 24.0 Å². The Morgan fingerprint density at radius 2 is 2.05 bits per heavy atom. The average Bonchev–Trinajstić information content (AvgIpc) is 3.23. The Kier molecular flexibility index (Phi) is 4.70. The molecular weight excluding hydrogens is 321 g/mol. The molecule has 21 heavy (non-hydrogen) atoms. The Bertz CT molecular complexity index is 662. The second-order valence-corrected chi connectivity index (χ2v) is 6.94. The number of nitrogens with two attached hydrogens (primary N) is 1. The molecule has 4 N–H and O–H groups in total. The molecule has 0 bridgehead atoms. The van der Waals surface area contributed by atoms with E-state index in [0.29, 0.717) is 0 Å². The summed E-state index contributed by atoms with van der Waals surface area (Å²) < 4.78 is 39.9. The number of carbonyl (C=O) groups excluding carboxylic acids is 1. The summed E-state index contributed by atoms with van der Waals surface area (Å²) in [4.78, 5) is 10.8. The van der Waals surface area contributed by atoms with E-state index >= 15 is 0 Å². The van der Waals surface area contributed by atoms with Crippen molar-refractivity contribution in [2.45, 2.75) is 17.7 Å². The predicted octanol–water partition coefficient (Wildman–Crippen LogP) is 0.866. The molecule has 0 atom stereocenters. The molecule has 6 nitrogen and oxygen atoms in total. The third kappa shape index (κ3) is 4.05. The number of anilines is 1. The van der Waals surface area contributed by atoms with E-state index in [1.54, 1.807) is 0 Å². The Hall–Kier alpha value is -1.38. The molecule has 0 aliphatic heterocycles. The van der Waals surface area contributed by atoms with E-state index < -0.39 is 20.7 Å². The van der Waals surface area contributed by atoms with Crippen molar-refractivity contribution in [2.75, 3.05) is 18.8 Å². The SMILES string of the molecule is Nc1cc(Cl)cc(S(=O)(=O)NCCNC(=O)C2CC2)c1F. The second kappa shape index (κ2) is 6.17. The van der Waals surface area contributed by atoms with Gasteiger partial charge < -0.3 is 11.1 Å². The summed E-state index contributed by atoms with van der Waals surface area (Å²) in [6.07, 6.45) is 1.73. The van der Waals surface area contributed by atoms with Gasteiger partial charge in [-0.25, -0.2) is 17.5 Å². The zero-order chi connectivity index (χ0) is 15.6. The summed E-state index contributed by atoms with van der Waals surface area (Å²) in [5.41, 5.74) is 5.00. The lowest BCUT2D eigenvalue weighted by Gasteiger charge is -2.10. The molecule has 0 aromatic heterocycles. The van der Waals surface area contributed by atoms with Crippen LogP contribution in [-0.4, -0.2) is 27.4 Å². The molecule has 1 amide bonds. The second-order valence-electron chi connectivity index (χ2n) is 4.77. The summed E-state index contributed by atoms with van der Waals surface area (Å²) in [5, 5.41) is 2.62. The summed E-state index contributed by atoms with van der Waals surface area (Å²) >= 11 is 5.68. The van der Waals surface area contributed by atoms with E-state index in [0.717, 1.165) is 25.0 Å². The van der Waals surface area contributed by atoms with Crippen molar-refractivity contribution in [1.29, 1.82) is 0 Å². The highest BCUT2D eigenvalue weighted by Gasteiger charge is 2.29. The van der Waals surface area contributed by atoms with Crippen LogP contribution in [0, 0.1) is 11.7 Å². The quantitative estimate of drug-likeness (QED) is 0.530. The van der Waals surface area contributed by atoms with E-state index in [1.807, 2.05) is 0 Å². The zero-order valence-electron chi connectivity index (χ0n) is 11.0. The molecule has 1 fully saturated rings. The predicted molar refractivity (Wildman–Crippen MR) is 76.7 cm³/mol. The molecule has 0 saturated heterocycles. The first-order chi connectivity index (χ1) is 9.81. The third-order valence-corrected chi connectivity index (χ3v) is 4.66. The molecule has 1 aromatic carbocycles. The number of benzene rings is 1. The molecule has 1 saturated carbocycles. The van der Waals surface area contributed by atoms with Gasteiger partial charge in [-0.05, 0) is 25.0 Å². The molecule has 0 spiro atoms. The topological polar surface area (TPSA) is 101 Å². The molecule has 1 aliphatic rings. The minimum absolute atomic E-state index is 0.0244. The van der Waals surface area contributed by atoms with Crippen molar-refractivity contribution >= 4 is 33.2 Å². The van der Waals surface area contributed by atoms with E-state index in [9.17, 15) is 17.6 Å². The minimum atomic E-state index is -4.08. The maximum Gasteiger partial charge on any atom is 0.243 e. The van der Waals surface area contributed by atoms with Gasteiger partial charge >= 0.3 is 0 Å². The highest BCUT2D eigenvalue weighted by molar-refractivity contribution is 7.89. The van der Waals surface area contributed by atoms with Gasteiger partial charge in [-0.3, -0.25) is 4.79 Å². The van der Waals surface area contributed by atoms with Crippen molar-refractivity contribution in [2.24, 2.45) is 5.92 Å². The van der Waals surface area contributed by atoms with Gasteiger partial charge in [-0.15, -0.1) is 0 Å². The molecule has 116 valence electrons. The van der Waals surface area contributed by atoms with Crippen molar-refractivity contribution in [1.82, 2.24) is 10.0 Å². The van der Waals surface area contributed by atoms with Crippen molar-refractivity contribution in [3.05, 3.63) is 23.0 Å². The van der Waals surface area contributed by atoms with Crippen LogP contribution in [0.2, 0.25) is 5.02 Å². The number of halogens is 2. The summed E-state index contributed by atoms with van der Waals surface area (Å²) in [6, 6.07) is 2.12. The highest BCUT2D eigenvalue weighted by atomic mass is 35.5. The Balaban J connectivity index is 1.96. The van der Waals surface area contributed by atoms with Crippen LogP contribution in [0.15, 0.2) is 17.0 Å². The molecular formula is C12H15ClFN3O3S. The molecule has 1 aromatic rings. The van der Waals surface area contributed by atoms with Crippen molar-refractivity contribution < 1.29 is 17.6 Å². The number of hydrogen-bond donors (Lipinski definition) is 3. The first-order valence-corrected chi connectivity index (χ1v) is 8.19. The van der Waals surface area contributed by atoms with E-state index in [1.165, 1.54) is 0 Å². The van der Waals surface area contributed by atoms with E-state index in [2.05, 4.69) is 10.0 Å². The van der Waals surface area contributed by atoms with Gasteiger partial charge in [-0.2, -0.15) is 0 Å². The van der Waals surface area contributed by atoms with Gasteiger partial charge in [0.1, 0.15) is 4.90 Å². The molecule has 0 unspecified atom stereocenters. The minimum Gasteiger partial charge on any atom is -0.396 e. The van der Waals surface area contributed by atoms with Crippen LogP contribution in [0.25, 0.3) is 0 Å². The lowest BCUT2D eigenvalue weighted by Crippen LogP contribution is -2.35. The van der Waals surface area contributed by atoms with Crippen LogP contribution in [0.3, 0.4) is 0 Å². The van der Waals surface area contributed by atoms with Gasteiger partial charge in [0.15, 0.2) is 5.82 Å². The molecule has 0 radical (unpaired) electrons. The number of sulfonamides is 1. The Morgan fingerprint density at radius 1 is 1.38 bits per heavy atom. The summed E-state index contributed by atoms with van der Waals surface area (Å²) in [6.45, 7) is 0.0822. The Morgan fingerprint density at radius 3 is 2.67 bits per heavy atom. The lowest BCUT2D eigenvalue weighted by molar-refractivity contribution is -0.122. The zero-order valence-corrected chi connectivity index (χ0v) is 12.6. The molecule has 9 heteroatoms. The largest absolute Gasteiger partial charge is 0.396 e. The number of hydrogen-bond acceptors (Lipinski definition) is 4. The fourth-order valence-electron chi connectivity index (χ4n) is 1.72. The normalized spacial score (nSPS) is 15.0. The smallest absolute Gasteiger partial charge is 0.243 e. The third-order valence-electron chi connectivity index (χ3n) is 2.99. The Labute approximate surface area is 126 Å². The van der Waals surface area contributed by atoms with Crippen LogP contribution in [-0.2, 0) is 14.8 Å². The average molecular weight is 336 g/mol. The first-order valence-electron chi connectivity index (χ1n) is 6.33. The monoisotopic (exact) mass is 335 g/mol. The number of nitrogens with one attached hydrogen (secondary N) is 2. The van der Waals surface area contributed by atoms with E-state index in [4.69, 9.17) is 17.3 Å². The fourth-order valence-corrected chi connectivity index (χ4v) is 3.17. The standard InChI is InChI=1S/C12H15ClFN3O3S/c13-8-5-9(15)11(14)10(6-8)21(19,20)17-4-3-16-12(18)7-1-2-7/h5-7,17H,1-4,15H2,(H,16,18). The lowest BCUT2D eigenvalue weighted by atomic mass is 10.3. The molecule has 1 aliphatic carbocycles. The van der Waals surface area contributed by atoms with Crippen LogP contribution in [0.4, 0.5) is 10.1 Å². The van der Waals surface area contributed by atoms with Gasteiger partial charge in [0.25, 0.3) is 0 Å². The highest BCUT2D eigenvalue weighted by Crippen LogP contribution is 2.28. The molecule has 2 rings (SSSR count). The van der Waals surface area contributed by atoms with Crippen LogP contribution < -0.4 is 15.8 Å². The first kappa shape index (κ1) is 16.0. The molecule has 0 heterocycles. The van der Waals surface area contributed by atoms with Crippen LogP contribution in [0.1, 0.15) is 12.8 Å². The van der Waals surface area contributed by atoms with Gasteiger partial charge in [-0.1, -0.05) is 11.6 Å².